The van der Waals surface area contributed by atoms with Gasteiger partial charge in [0.15, 0.2) is 0 Å². The molecular formula is C25H33ClN4O2. The first-order chi connectivity index (χ1) is 15.5. The molecule has 0 radical (unpaired) electrons. The second-order valence-electron chi connectivity index (χ2n) is 8.33. The molecule has 1 amide bonds. The molecule has 2 heterocycles. The van der Waals surface area contributed by atoms with Crippen molar-refractivity contribution in [2.75, 3.05) is 54.0 Å². The Morgan fingerprint density at radius 1 is 1.25 bits per heavy atom. The smallest absolute Gasteiger partial charge is 0.246 e. The molecule has 0 spiro atoms. The van der Waals surface area contributed by atoms with Crippen LogP contribution in [0.5, 0.6) is 0 Å². The largest absolute Gasteiger partial charge is 0.383 e. The monoisotopic (exact) mass is 456 g/mol. The van der Waals surface area contributed by atoms with Gasteiger partial charge >= 0.3 is 0 Å². The van der Waals surface area contributed by atoms with E-state index in [1.54, 1.807) is 36.4 Å². The summed E-state index contributed by atoms with van der Waals surface area (Å²) in [6.45, 7) is 5.35. The number of amides is 1. The third-order valence-corrected chi connectivity index (χ3v) is 6.05. The van der Waals surface area contributed by atoms with Gasteiger partial charge in [-0.2, -0.15) is 0 Å². The normalized spacial score (nSPS) is 14.2. The number of hydrogen-bond acceptors (Lipinski definition) is 5. The first-order valence-corrected chi connectivity index (χ1v) is 11.4. The van der Waals surface area contributed by atoms with Crippen LogP contribution in [0.25, 0.3) is 6.08 Å². The van der Waals surface area contributed by atoms with E-state index in [1.165, 1.54) is 11.1 Å². The van der Waals surface area contributed by atoms with Crippen molar-refractivity contribution in [1.29, 1.82) is 0 Å². The summed E-state index contributed by atoms with van der Waals surface area (Å²) in [5.41, 5.74) is 4.48. The Bertz CT molecular complexity index is 932. The molecule has 0 atom stereocenters. The molecule has 1 aromatic heterocycles. The van der Waals surface area contributed by atoms with Crippen molar-refractivity contribution in [3.05, 3.63) is 70.0 Å². The number of hydrogen-bond donors (Lipinski definition) is 0. The molecule has 0 bridgehead atoms. The number of rotatable bonds is 10. The molecule has 3 rings (SSSR count). The third-order valence-electron chi connectivity index (χ3n) is 5.70. The lowest BCUT2D eigenvalue weighted by molar-refractivity contribution is -0.126. The highest BCUT2D eigenvalue weighted by atomic mass is 35.5. The van der Waals surface area contributed by atoms with Crippen LogP contribution < -0.4 is 0 Å². The molecule has 0 fully saturated rings. The minimum Gasteiger partial charge on any atom is -0.383 e. The van der Waals surface area contributed by atoms with E-state index in [0.717, 1.165) is 44.8 Å². The van der Waals surface area contributed by atoms with Crippen molar-refractivity contribution in [1.82, 2.24) is 19.7 Å². The molecule has 0 N–H and O–H groups in total. The van der Waals surface area contributed by atoms with Crippen LogP contribution in [0.2, 0.25) is 5.02 Å². The SMILES string of the molecule is COCCN1CCc2c(/C=C/C(=O)N(CCN(C)C)Cc3ncccc3Cl)cccc2C1. The van der Waals surface area contributed by atoms with Gasteiger partial charge in [0, 0.05) is 52.1 Å². The fourth-order valence-corrected chi connectivity index (χ4v) is 4.02. The second-order valence-corrected chi connectivity index (χ2v) is 8.74. The predicted octanol–water partition coefficient (Wildman–Crippen LogP) is 3.34. The van der Waals surface area contributed by atoms with Gasteiger partial charge in [-0.3, -0.25) is 14.7 Å². The number of carbonyl (C=O) groups is 1. The van der Waals surface area contributed by atoms with E-state index in [0.29, 0.717) is 23.8 Å². The molecule has 0 unspecified atom stereocenters. The zero-order valence-electron chi connectivity index (χ0n) is 19.3. The quantitative estimate of drug-likeness (QED) is 0.513. The van der Waals surface area contributed by atoms with Gasteiger partial charge in [-0.15, -0.1) is 0 Å². The Morgan fingerprint density at radius 3 is 2.84 bits per heavy atom. The van der Waals surface area contributed by atoms with Gasteiger partial charge in [-0.25, -0.2) is 0 Å². The average Bonchev–Trinajstić information content (AvgIpc) is 2.79. The van der Waals surface area contributed by atoms with Crippen molar-refractivity contribution in [3.8, 4) is 0 Å². The van der Waals surface area contributed by atoms with Gasteiger partial charge < -0.3 is 14.5 Å². The fraction of sp³-hybridized carbons (Fsp3) is 0.440. The fourth-order valence-electron chi connectivity index (χ4n) is 3.83. The molecule has 1 aliphatic rings. The van der Waals surface area contributed by atoms with Crippen LogP contribution in [0.1, 0.15) is 22.4 Å². The summed E-state index contributed by atoms with van der Waals surface area (Å²) in [6.07, 6.45) is 6.31. The average molecular weight is 457 g/mol. The summed E-state index contributed by atoms with van der Waals surface area (Å²) in [4.78, 5) is 23.7. The summed E-state index contributed by atoms with van der Waals surface area (Å²) >= 11 is 6.29. The lowest BCUT2D eigenvalue weighted by atomic mass is 9.94. The second kappa shape index (κ2) is 12.1. The van der Waals surface area contributed by atoms with Gasteiger partial charge in [0.1, 0.15) is 0 Å². The van der Waals surface area contributed by atoms with E-state index in [-0.39, 0.29) is 5.91 Å². The van der Waals surface area contributed by atoms with Crippen LogP contribution in [0, 0.1) is 0 Å². The van der Waals surface area contributed by atoms with E-state index in [1.807, 2.05) is 20.2 Å². The Balaban J connectivity index is 1.73. The minimum atomic E-state index is -0.0382. The van der Waals surface area contributed by atoms with Gasteiger partial charge in [0.05, 0.1) is 23.9 Å². The molecule has 7 heteroatoms. The van der Waals surface area contributed by atoms with Crippen LogP contribution in [0.3, 0.4) is 0 Å². The maximum absolute atomic E-state index is 13.1. The van der Waals surface area contributed by atoms with E-state index in [2.05, 4.69) is 33.0 Å². The van der Waals surface area contributed by atoms with Crippen molar-refractivity contribution in [2.24, 2.45) is 0 Å². The van der Waals surface area contributed by atoms with Crippen molar-refractivity contribution in [2.45, 2.75) is 19.5 Å². The van der Waals surface area contributed by atoms with Crippen molar-refractivity contribution < 1.29 is 9.53 Å². The summed E-state index contributed by atoms with van der Waals surface area (Å²) < 4.78 is 5.22. The van der Waals surface area contributed by atoms with Gasteiger partial charge in [-0.05, 0) is 55.4 Å². The van der Waals surface area contributed by atoms with Gasteiger partial charge in [-0.1, -0.05) is 29.8 Å². The van der Waals surface area contributed by atoms with Gasteiger partial charge in [0.25, 0.3) is 0 Å². The van der Waals surface area contributed by atoms with Crippen LogP contribution in [0.15, 0.2) is 42.6 Å². The van der Waals surface area contributed by atoms with Crippen LogP contribution in [0.4, 0.5) is 0 Å². The van der Waals surface area contributed by atoms with Gasteiger partial charge in [0.2, 0.25) is 5.91 Å². The summed E-state index contributed by atoms with van der Waals surface area (Å²) in [5, 5.41) is 0.578. The predicted molar refractivity (Wildman–Crippen MR) is 130 cm³/mol. The first kappa shape index (κ1) is 24.4. The maximum Gasteiger partial charge on any atom is 0.246 e. The van der Waals surface area contributed by atoms with E-state index < -0.39 is 0 Å². The first-order valence-electron chi connectivity index (χ1n) is 11.0. The van der Waals surface area contributed by atoms with Crippen molar-refractivity contribution >= 4 is 23.6 Å². The van der Waals surface area contributed by atoms with E-state index in [9.17, 15) is 4.79 Å². The standard InChI is InChI=1S/C25H33ClN4O2/c1-28(2)14-15-30(19-24-23(26)8-5-12-27-24)25(31)10-9-20-6-4-7-21-18-29(16-17-32-3)13-11-22(20)21/h4-10,12H,11,13-19H2,1-3H3/b10-9+. The maximum atomic E-state index is 13.1. The number of methoxy groups -OCH3 is 1. The van der Waals surface area contributed by atoms with Crippen LogP contribution >= 0.6 is 11.6 Å². The highest BCUT2D eigenvalue weighted by Gasteiger charge is 2.18. The molecule has 6 nitrogen and oxygen atoms in total. The number of fused-ring (bicyclic) bond motifs is 1. The Kier molecular flexibility index (Phi) is 9.23. The highest BCUT2D eigenvalue weighted by Crippen LogP contribution is 2.24. The Labute approximate surface area is 196 Å². The highest BCUT2D eigenvalue weighted by molar-refractivity contribution is 6.31. The van der Waals surface area contributed by atoms with Crippen LogP contribution in [-0.4, -0.2) is 79.6 Å². The zero-order chi connectivity index (χ0) is 22.9. The number of benzene rings is 1. The number of nitrogens with zero attached hydrogens (tertiary/aromatic N) is 4. The number of pyridine rings is 1. The Morgan fingerprint density at radius 2 is 2.09 bits per heavy atom. The molecule has 1 aromatic carbocycles. The van der Waals surface area contributed by atoms with Crippen molar-refractivity contribution in [3.63, 3.8) is 0 Å². The summed E-state index contributed by atoms with van der Waals surface area (Å²) in [7, 11) is 5.73. The molecule has 1 aliphatic heterocycles. The Hall–Kier alpha value is -2.25. The number of halogens is 1. The van der Waals surface area contributed by atoms with E-state index in [4.69, 9.17) is 16.3 Å². The summed E-state index contributed by atoms with van der Waals surface area (Å²) in [6, 6.07) is 9.95. The third kappa shape index (κ3) is 6.87. The lowest BCUT2D eigenvalue weighted by Gasteiger charge is -2.29. The van der Waals surface area contributed by atoms with E-state index >= 15 is 0 Å². The number of aromatic nitrogens is 1. The molecule has 0 saturated heterocycles. The number of carbonyl (C=O) groups excluding carboxylic acids is 1. The molecular weight excluding hydrogens is 424 g/mol. The molecule has 2 aromatic rings. The topological polar surface area (TPSA) is 48.9 Å². The number of ether oxygens (including phenoxy) is 1. The molecule has 0 saturated carbocycles. The lowest BCUT2D eigenvalue weighted by Crippen LogP contribution is -2.35. The van der Waals surface area contributed by atoms with Crippen LogP contribution in [-0.2, 0) is 29.0 Å². The minimum absolute atomic E-state index is 0.0382. The summed E-state index contributed by atoms with van der Waals surface area (Å²) in [5.74, 6) is -0.0382. The molecule has 32 heavy (non-hydrogen) atoms. The molecule has 0 aliphatic carbocycles. The zero-order valence-corrected chi connectivity index (χ0v) is 20.0. The number of likely N-dealkylation sites (N-methyl/N-ethyl adjacent to an activating group) is 1. The molecule has 172 valence electrons.